The van der Waals surface area contributed by atoms with Gasteiger partial charge in [-0.25, -0.2) is 9.37 Å². The largest absolute Gasteiger partial charge is 0.369 e. The predicted octanol–water partition coefficient (Wildman–Crippen LogP) is 4.60. The number of benzene rings is 2. The maximum absolute atomic E-state index is 14.0. The van der Waals surface area contributed by atoms with E-state index in [0.29, 0.717) is 29.8 Å². The summed E-state index contributed by atoms with van der Waals surface area (Å²) in [4.78, 5) is 20.7. The number of carbonyl (C=O) groups is 1. The molecule has 1 heterocycles. The van der Waals surface area contributed by atoms with Gasteiger partial charge in [0, 0.05) is 36.2 Å². The minimum Gasteiger partial charge on any atom is -0.369 e. The summed E-state index contributed by atoms with van der Waals surface area (Å²) >= 11 is 0. The molecule has 0 atom stereocenters. The molecule has 166 valence electrons. The van der Waals surface area contributed by atoms with Gasteiger partial charge >= 0.3 is 0 Å². The van der Waals surface area contributed by atoms with Crippen molar-refractivity contribution in [3.8, 4) is 11.3 Å². The Kier molecular flexibility index (Phi) is 6.94. The molecular weight excluding hydrogens is 405 g/mol. The molecule has 1 aromatic heterocycles. The Morgan fingerprint density at radius 3 is 2.41 bits per heavy atom. The van der Waals surface area contributed by atoms with E-state index in [4.69, 9.17) is 10.7 Å². The average molecular weight is 434 g/mol. The fourth-order valence-corrected chi connectivity index (χ4v) is 4.09. The van der Waals surface area contributed by atoms with E-state index in [2.05, 4.69) is 15.6 Å². The molecular formula is C25H28FN5O. The van der Waals surface area contributed by atoms with Gasteiger partial charge in [-0.3, -0.25) is 4.79 Å². The van der Waals surface area contributed by atoms with Crippen LogP contribution < -0.4 is 16.4 Å². The van der Waals surface area contributed by atoms with Gasteiger partial charge in [-0.15, -0.1) is 0 Å². The maximum atomic E-state index is 14.0. The number of aromatic nitrogens is 2. The molecule has 32 heavy (non-hydrogen) atoms. The standard InChI is InChI=1S/C25H28FN5O/c26-21-9-5-4-8-20(21)16-28-23-14-22(18-6-2-1-3-7-18)30-25(31-23)29-15-17-10-12-19(13-11-17)24(27)32/h1-9,14,17,19H,10-13,15-16H2,(H2,27,32)(H2,28,29,30,31). The van der Waals surface area contributed by atoms with E-state index in [1.54, 1.807) is 12.1 Å². The van der Waals surface area contributed by atoms with Gasteiger partial charge in [0.05, 0.1) is 5.69 Å². The maximum Gasteiger partial charge on any atom is 0.225 e. The first-order chi connectivity index (χ1) is 15.6. The van der Waals surface area contributed by atoms with Crippen molar-refractivity contribution in [1.82, 2.24) is 9.97 Å². The molecule has 1 amide bonds. The summed E-state index contributed by atoms with van der Waals surface area (Å²) in [5, 5.41) is 6.59. The third-order valence-corrected chi connectivity index (χ3v) is 6.01. The fraction of sp³-hybridized carbons (Fsp3) is 0.320. The first kappa shape index (κ1) is 21.7. The molecule has 6 nitrogen and oxygen atoms in total. The summed E-state index contributed by atoms with van der Waals surface area (Å²) in [7, 11) is 0. The van der Waals surface area contributed by atoms with Crippen molar-refractivity contribution < 1.29 is 9.18 Å². The van der Waals surface area contributed by atoms with Crippen LogP contribution in [0.4, 0.5) is 16.2 Å². The van der Waals surface area contributed by atoms with Crippen LogP contribution in [0.2, 0.25) is 0 Å². The summed E-state index contributed by atoms with van der Waals surface area (Å²) in [6, 6.07) is 18.5. The van der Waals surface area contributed by atoms with E-state index in [9.17, 15) is 9.18 Å². The summed E-state index contributed by atoms with van der Waals surface area (Å²) < 4.78 is 14.0. The van der Waals surface area contributed by atoms with Gasteiger partial charge < -0.3 is 16.4 Å². The first-order valence-corrected chi connectivity index (χ1v) is 11.0. The zero-order valence-electron chi connectivity index (χ0n) is 17.9. The molecule has 1 aliphatic rings. The van der Waals surface area contributed by atoms with Crippen LogP contribution in [-0.4, -0.2) is 22.4 Å². The fourth-order valence-electron chi connectivity index (χ4n) is 4.09. The Hall–Kier alpha value is -3.48. The first-order valence-electron chi connectivity index (χ1n) is 11.0. The van der Waals surface area contributed by atoms with Gasteiger partial charge in [0.15, 0.2) is 0 Å². The molecule has 1 fully saturated rings. The summed E-state index contributed by atoms with van der Waals surface area (Å²) in [5.41, 5.74) is 7.79. The molecule has 3 aromatic rings. The van der Waals surface area contributed by atoms with Crippen LogP contribution >= 0.6 is 0 Å². The van der Waals surface area contributed by atoms with Gasteiger partial charge in [-0.2, -0.15) is 4.98 Å². The van der Waals surface area contributed by atoms with Crippen molar-refractivity contribution in [2.75, 3.05) is 17.2 Å². The third kappa shape index (κ3) is 5.60. The van der Waals surface area contributed by atoms with Gasteiger partial charge in [-0.1, -0.05) is 48.5 Å². The van der Waals surface area contributed by atoms with Crippen molar-refractivity contribution in [2.24, 2.45) is 17.6 Å². The van der Waals surface area contributed by atoms with Crippen LogP contribution in [0, 0.1) is 17.7 Å². The zero-order chi connectivity index (χ0) is 22.3. The van der Waals surface area contributed by atoms with E-state index in [1.165, 1.54) is 6.07 Å². The smallest absolute Gasteiger partial charge is 0.225 e. The molecule has 1 saturated carbocycles. The van der Waals surface area contributed by atoms with E-state index in [-0.39, 0.29) is 17.6 Å². The molecule has 0 unspecified atom stereocenters. The number of nitrogens with one attached hydrogen (secondary N) is 2. The van der Waals surface area contributed by atoms with Crippen molar-refractivity contribution in [2.45, 2.75) is 32.2 Å². The Labute approximate surface area is 187 Å². The van der Waals surface area contributed by atoms with Crippen LogP contribution in [0.5, 0.6) is 0 Å². The molecule has 4 rings (SSSR count). The van der Waals surface area contributed by atoms with Crippen LogP contribution in [0.15, 0.2) is 60.7 Å². The van der Waals surface area contributed by atoms with Gasteiger partial charge in [0.25, 0.3) is 0 Å². The highest BCUT2D eigenvalue weighted by Gasteiger charge is 2.24. The lowest BCUT2D eigenvalue weighted by molar-refractivity contribution is -0.122. The second kappa shape index (κ2) is 10.2. The summed E-state index contributed by atoms with van der Waals surface area (Å²) in [6.45, 7) is 1.06. The molecule has 2 aromatic carbocycles. The van der Waals surface area contributed by atoms with Gasteiger partial charge in [0.1, 0.15) is 11.6 Å². The van der Waals surface area contributed by atoms with Crippen LogP contribution in [-0.2, 0) is 11.3 Å². The number of nitrogens with two attached hydrogens (primary N) is 1. The summed E-state index contributed by atoms with van der Waals surface area (Å²) in [6.07, 6.45) is 3.58. The molecule has 0 aliphatic heterocycles. The Morgan fingerprint density at radius 2 is 1.69 bits per heavy atom. The Balaban J connectivity index is 1.47. The second-order valence-corrected chi connectivity index (χ2v) is 8.27. The number of carbonyl (C=O) groups excluding carboxylic acids is 1. The lowest BCUT2D eigenvalue weighted by Gasteiger charge is -2.26. The van der Waals surface area contributed by atoms with Gasteiger partial charge in [-0.05, 0) is 37.7 Å². The average Bonchev–Trinajstić information content (AvgIpc) is 2.83. The monoisotopic (exact) mass is 433 g/mol. The Morgan fingerprint density at radius 1 is 0.969 bits per heavy atom. The van der Waals surface area contributed by atoms with Crippen LogP contribution in [0.25, 0.3) is 11.3 Å². The van der Waals surface area contributed by atoms with Crippen molar-refractivity contribution in [1.29, 1.82) is 0 Å². The molecule has 0 radical (unpaired) electrons. The number of hydrogen-bond donors (Lipinski definition) is 3. The number of primary amides is 1. The van der Waals surface area contributed by atoms with E-state index >= 15 is 0 Å². The molecule has 0 spiro atoms. The van der Waals surface area contributed by atoms with Gasteiger partial charge in [0.2, 0.25) is 11.9 Å². The number of hydrogen-bond acceptors (Lipinski definition) is 5. The van der Waals surface area contributed by atoms with Crippen molar-refractivity contribution >= 4 is 17.7 Å². The number of anilines is 2. The molecule has 4 N–H and O–H groups in total. The number of halogens is 1. The van der Waals surface area contributed by atoms with Crippen molar-refractivity contribution in [3.63, 3.8) is 0 Å². The summed E-state index contributed by atoms with van der Waals surface area (Å²) in [5.74, 6) is 1.16. The second-order valence-electron chi connectivity index (χ2n) is 8.27. The van der Waals surface area contributed by atoms with E-state index in [0.717, 1.165) is 43.5 Å². The molecule has 1 aliphatic carbocycles. The zero-order valence-corrected chi connectivity index (χ0v) is 17.9. The number of rotatable bonds is 8. The highest BCUT2D eigenvalue weighted by molar-refractivity contribution is 5.76. The normalized spacial score (nSPS) is 18.2. The van der Waals surface area contributed by atoms with Crippen LogP contribution in [0.1, 0.15) is 31.2 Å². The Bertz CT molecular complexity index is 1050. The minimum absolute atomic E-state index is 0.00177. The highest BCUT2D eigenvalue weighted by Crippen LogP contribution is 2.29. The molecule has 7 heteroatoms. The predicted molar refractivity (Wildman–Crippen MR) is 124 cm³/mol. The molecule has 0 bridgehead atoms. The lowest BCUT2D eigenvalue weighted by Crippen LogP contribution is -2.29. The molecule has 0 saturated heterocycles. The lowest BCUT2D eigenvalue weighted by atomic mass is 9.82. The quantitative estimate of drug-likeness (QED) is 0.483. The minimum atomic E-state index is -0.248. The topological polar surface area (TPSA) is 92.9 Å². The number of nitrogens with zero attached hydrogens (tertiary/aromatic N) is 2. The highest BCUT2D eigenvalue weighted by atomic mass is 19.1. The number of amides is 1. The van der Waals surface area contributed by atoms with E-state index in [1.807, 2.05) is 42.5 Å². The third-order valence-electron chi connectivity index (χ3n) is 6.01. The van der Waals surface area contributed by atoms with E-state index < -0.39 is 0 Å². The van der Waals surface area contributed by atoms with Crippen molar-refractivity contribution in [3.05, 3.63) is 72.0 Å². The van der Waals surface area contributed by atoms with Crippen LogP contribution in [0.3, 0.4) is 0 Å². The SMILES string of the molecule is NC(=O)C1CCC(CNc2nc(NCc3ccccc3F)cc(-c3ccccc3)n2)CC1.